The van der Waals surface area contributed by atoms with E-state index in [1.807, 2.05) is 0 Å². The summed E-state index contributed by atoms with van der Waals surface area (Å²) in [5.74, 6) is 1.31. The largest absolute Gasteiger partial charge is 0.396 e. The lowest BCUT2D eigenvalue weighted by Crippen LogP contribution is -2.38. The van der Waals surface area contributed by atoms with Crippen molar-refractivity contribution in [2.24, 2.45) is 22.1 Å². The van der Waals surface area contributed by atoms with Gasteiger partial charge in [-0.2, -0.15) is 0 Å². The molecule has 1 aliphatic carbocycles. The van der Waals surface area contributed by atoms with Gasteiger partial charge in [-0.25, -0.2) is 0 Å². The number of hydrogen-bond acceptors (Lipinski definition) is 3. The molecule has 1 unspecified atom stereocenters. The van der Waals surface area contributed by atoms with Crippen LogP contribution in [0.1, 0.15) is 32.1 Å². The average molecular weight is 383 g/mol. The normalized spacial score (nSPS) is 27.7. The Morgan fingerprint density at radius 2 is 2.26 bits per heavy atom. The van der Waals surface area contributed by atoms with Crippen LogP contribution in [0.4, 0.5) is 0 Å². The van der Waals surface area contributed by atoms with Crippen molar-refractivity contribution >= 4 is 29.9 Å². The van der Waals surface area contributed by atoms with Crippen molar-refractivity contribution in [2.75, 3.05) is 32.9 Å². The maximum absolute atomic E-state index is 9.12. The number of ether oxygens (including phenoxy) is 1. The molecule has 0 spiro atoms. The van der Waals surface area contributed by atoms with Crippen molar-refractivity contribution in [1.29, 1.82) is 0 Å². The molecule has 5 nitrogen and oxygen atoms in total. The summed E-state index contributed by atoms with van der Waals surface area (Å²) in [5.41, 5.74) is 5.87. The summed E-state index contributed by atoms with van der Waals surface area (Å²) in [4.78, 5) is 4.42. The molecular formula is C13H26IN3O2. The zero-order valence-corrected chi connectivity index (χ0v) is 13.8. The van der Waals surface area contributed by atoms with Crippen LogP contribution in [-0.4, -0.2) is 44.0 Å². The van der Waals surface area contributed by atoms with Crippen LogP contribution in [0.25, 0.3) is 0 Å². The summed E-state index contributed by atoms with van der Waals surface area (Å²) >= 11 is 0. The lowest BCUT2D eigenvalue weighted by molar-refractivity contribution is 0.131. The highest BCUT2D eigenvalue weighted by Gasteiger charge is 2.34. The van der Waals surface area contributed by atoms with Gasteiger partial charge in [-0.05, 0) is 31.6 Å². The molecule has 0 aromatic rings. The van der Waals surface area contributed by atoms with Crippen LogP contribution >= 0.6 is 24.0 Å². The number of aliphatic hydroxyl groups excluding tert-OH is 1. The first kappa shape index (κ1) is 17.0. The first-order chi connectivity index (χ1) is 8.74. The third kappa shape index (κ3) is 5.07. The molecule has 6 heteroatoms. The summed E-state index contributed by atoms with van der Waals surface area (Å²) in [6, 6.07) is 0. The zero-order valence-electron chi connectivity index (χ0n) is 11.4. The van der Waals surface area contributed by atoms with Gasteiger partial charge in [-0.1, -0.05) is 6.42 Å². The van der Waals surface area contributed by atoms with Crippen molar-refractivity contribution in [3.8, 4) is 0 Å². The van der Waals surface area contributed by atoms with Crippen LogP contribution in [-0.2, 0) is 4.74 Å². The van der Waals surface area contributed by atoms with Crippen molar-refractivity contribution in [2.45, 2.75) is 32.1 Å². The molecular weight excluding hydrogens is 357 g/mol. The van der Waals surface area contributed by atoms with Gasteiger partial charge in [-0.15, -0.1) is 24.0 Å². The summed E-state index contributed by atoms with van der Waals surface area (Å²) < 4.78 is 5.43. The molecule has 0 amide bonds. The molecule has 1 aliphatic heterocycles. The number of nitrogens with zero attached hydrogens (tertiary/aromatic N) is 1. The monoisotopic (exact) mass is 383 g/mol. The van der Waals surface area contributed by atoms with Crippen LogP contribution in [0.15, 0.2) is 4.99 Å². The van der Waals surface area contributed by atoms with Gasteiger partial charge in [0.1, 0.15) is 0 Å². The molecule has 19 heavy (non-hydrogen) atoms. The smallest absolute Gasteiger partial charge is 0.188 e. The predicted molar refractivity (Wildman–Crippen MR) is 86.8 cm³/mol. The van der Waals surface area contributed by atoms with Gasteiger partial charge in [0, 0.05) is 25.2 Å². The SMILES string of the molecule is I.NC(=NCC1(CCO)CCOC1)NCC1CCC1. The van der Waals surface area contributed by atoms with Crippen LogP contribution in [0, 0.1) is 11.3 Å². The van der Waals surface area contributed by atoms with Crippen LogP contribution in [0.5, 0.6) is 0 Å². The summed E-state index contributed by atoms with van der Waals surface area (Å²) in [6.07, 6.45) is 5.67. The Morgan fingerprint density at radius 1 is 1.47 bits per heavy atom. The number of aliphatic hydroxyl groups is 1. The molecule has 2 aliphatic rings. The molecule has 1 saturated heterocycles. The van der Waals surface area contributed by atoms with Crippen LogP contribution in [0.3, 0.4) is 0 Å². The molecule has 1 atom stereocenters. The van der Waals surface area contributed by atoms with E-state index in [0.29, 0.717) is 19.1 Å². The number of nitrogens with one attached hydrogen (secondary N) is 1. The van der Waals surface area contributed by atoms with E-state index < -0.39 is 0 Å². The zero-order chi connectivity index (χ0) is 12.8. The lowest BCUT2D eigenvalue weighted by atomic mass is 9.84. The van der Waals surface area contributed by atoms with Gasteiger partial charge in [-0.3, -0.25) is 4.99 Å². The van der Waals surface area contributed by atoms with E-state index >= 15 is 0 Å². The van der Waals surface area contributed by atoms with Gasteiger partial charge in [0.05, 0.1) is 13.2 Å². The fourth-order valence-electron chi connectivity index (χ4n) is 2.54. The molecule has 4 N–H and O–H groups in total. The topological polar surface area (TPSA) is 79.9 Å². The summed E-state index contributed by atoms with van der Waals surface area (Å²) in [5, 5.41) is 12.3. The number of aliphatic imine (C=N–C) groups is 1. The van der Waals surface area contributed by atoms with Crippen molar-refractivity contribution in [3.63, 3.8) is 0 Å². The number of halogens is 1. The van der Waals surface area contributed by atoms with Crippen molar-refractivity contribution in [1.82, 2.24) is 5.32 Å². The minimum Gasteiger partial charge on any atom is -0.396 e. The highest BCUT2D eigenvalue weighted by molar-refractivity contribution is 14.0. The van der Waals surface area contributed by atoms with Gasteiger partial charge in [0.15, 0.2) is 5.96 Å². The molecule has 2 fully saturated rings. The molecule has 0 radical (unpaired) electrons. The molecule has 0 aromatic carbocycles. The second-order valence-electron chi connectivity index (χ2n) is 5.66. The van der Waals surface area contributed by atoms with Gasteiger partial charge in [0.25, 0.3) is 0 Å². The fraction of sp³-hybridized carbons (Fsp3) is 0.923. The van der Waals surface area contributed by atoms with Crippen LogP contribution in [0.2, 0.25) is 0 Å². The van der Waals surface area contributed by atoms with E-state index in [9.17, 15) is 0 Å². The minimum absolute atomic E-state index is 0. The third-order valence-corrected chi connectivity index (χ3v) is 4.21. The molecule has 2 rings (SSSR count). The quantitative estimate of drug-likeness (QED) is 0.365. The third-order valence-electron chi connectivity index (χ3n) is 4.21. The first-order valence-electron chi connectivity index (χ1n) is 6.96. The maximum Gasteiger partial charge on any atom is 0.188 e. The van der Waals surface area contributed by atoms with E-state index in [4.69, 9.17) is 15.6 Å². The predicted octanol–water partition coefficient (Wildman–Crippen LogP) is 1.10. The standard InChI is InChI=1S/C13H25N3O2.HI/c14-12(15-8-11-2-1-3-11)16-9-13(4-6-17)5-7-18-10-13;/h11,17H,1-10H2,(H3,14,15,16);1H. The van der Waals surface area contributed by atoms with Gasteiger partial charge >= 0.3 is 0 Å². The number of hydrogen-bond donors (Lipinski definition) is 3. The number of guanidine groups is 1. The Hall–Kier alpha value is -0.0800. The molecule has 1 saturated carbocycles. The lowest BCUT2D eigenvalue weighted by Gasteiger charge is -2.26. The first-order valence-corrected chi connectivity index (χ1v) is 6.96. The van der Waals surface area contributed by atoms with Crippen molar-refractivity contribution in [3.05, 3.63) is 0 Å². The van der Waals surface area contributed by atoms with Crippen LogP contribution < -0.4 is 11.1 Å². The van der Waals surface area contributed by atoms with E-state index in [2.05, 4.69) is 10.3 Å². The van der Waals surface area contributed by atoms with E-state index in [-0.39, 0.29) is 36.0 Å². The highest BCUT2D eigenvalue weighted by Crippen LogP contribution is 2.32. The fourth-order valence-corrected chi connectivity index (χ4v) is 2.54. The second-order valence-corrected chi connectivity index (χ2v) is 5.66. The maximum atomic E-state index is 9.12. The Balaban J connectivity index is 0.00000180. The Kier molecular flexibility index (Phi) is 7.38. The summed E-state index contributed by atoms with van der Waals surface area (Å²) in [7, 11) is 0. The Morgan fingerprint density at radius 3 is 2.79 bits per heavy atom. The Bertz CT molecular complexity index is 290. The molecule has 0 bridgehead atoms. The molecule has 0 aromatic heterocycles. The van der Waals surface area contributed by atoms with E-state index in [1.54, 1.807) is 0 Å². The highest BCUT2D eigenvalue weighted by atomic mass is 127. The second kappa shape index (κ2) is 8.26. The van der Waals surface area contributed by atoms with Crippen molar-refractivity contribution < 1.29 is 9.84 Å². The van der Waals surface area contributed by atoms with Gasteiger partial charge in [0.2, 0.25) is 0 Å². The molecule has 112 valence electrons. The number of nitrogens with two attached hydrogens (primary N) is 1. The van der Waals surface area contributed by atoms with E-state index in [1.165, 1.54) is 19.3 Å². The summed E-state index contributed by atoms with van der Waals surface area (Å²) in [6.45, 7) is 3.24. The number of rotatable bonds is 6. The average Bonchev–Trinajstić information content (AvgIpc) is 2.74. The van der Waals surface area contributed by atoms with E-state index in [0.717, 1.165) is 31.9 Å². The Labute approximate surface area is 132 Å². The minimum atomic E-state index is -0.00246. The van der Waals surface area contributed by atoms with Gasteiger partial charge < -0.3 is 20.9 Å². The molecule has 1 heterocycles.